The number of nitrogens with zero attached hydrogens (tertiary/aromatic N) is 2. The summed E-state index contributed by atoms with van der Waals surface area (Å²) in [5.41, 5.74) is 1.79. The normalized spacial score (nSPS) is 28.9. The van der Waals surface area contributed by atoms with Gasteiger partial charge in [0, 0.05) is 37.2 Å². The van der Waals surface area contributed by atoms with E-state index in [1.54, 1.807) is 13.4 Å². The summed E-state index contributed by atoms with van der Waals surface area (Å²) in [6.07, 6.45) is 2.00. The number of aromatic nitrogens is 2. The van der Waals surface area contributed by atoms with Gasteiger partial charge < -0.3 is 19.4 Å². The lowest BCUT2D eigenvalue weighted by Gasteiger charge is -2.25. The van der Waals surface area contributed by atoms with E-state index >= 15 is 0 Å². The van der Waals surface area contributed by atoms with E-state index in [9.17, 15) is 4.79 Å². The van der Waals surface area contributed by atoms with Gasteiger partial charge in [-0.1, -0.05) is 0 Å². The van der Waals surface area contributed by atoms with Crippen LogP contribution in [0.3, 0.4) is 0 Å². The number of imidazole rings is 1. The minimum atomic E-state index is -0.00890. The van der Waals surface area contributed by atoms with Crippen LogP contribution in [0.25, 0.3) is 0 Å². The van der Waals surface area contributed by atoms with Gasteiger partial charge in [0.1, 0.15) is 0 Å². The molecule has 110 valence electrons. The second-order valence-corrected chi connectivity index (χ2v) is 5.93. The van der Waals surface area contributed by atoms with Crippen molar-refractivity contribution in [3.63, 3.8) is 0 Å². The molecular weight excluding hydrogens is 258 g/mol. The summed E-state index contributed by atoms with van der Waals surface area (Å²) in [5.74, 6) is 0.539. The molecule has 6 nitrogen and oxygen atoms in total. The number of carbonyl (C=O) groups is 1. The fraction of sp³-hybridized carbons (Fsp3) is 0.714. The predicted octanol–water partition coefficient (Wildman–Crippen LogP) is 0.382. The van der Waals surface area contributed by atoms with Gasteiger partial charge in [0.05, 0.1) is 38.3 Å². The summed E-state index contributed by atoms with van der Waals surface area (Å²) in [6, 6.07) is 0. The maximum absolute atomic E-state index is 12.4. The van der Waals surface area contributed by atoms with E-state index in [4.69, 9.17) is 9.47 Å². The van der Waals surface area contributed by atoms with Crippen LogP contribution in [0.5, 0.6) is 0 Å². The van der Waals surface area contributed by atoms with E-state index in [2.05, 4.69) is 9.97 Å². The lowest BCUT2D eigenvalue weighted by molar-refractivity contribution is -0.130. The Bertz CT molecular complexity index is 502. The summed E-state index contributed by atoms with van der Waals surface area (Å²) in [5, 5.41) is 0. The smallest absolute Gasteiger partial charge is 0.228 e. The molecule has 0 saturated carbocycles. The Morgan fingerprint density at radius 3 is 3.25 bits per heavy atom. The molecule has 0 bridgehead atoms. The number of nitrogens with one attached hydrogen (secondary N) is 1. The summed E-state index contributed by atoms with van der Waals surface area (Å²) in [4.78, 5) is 21.6. The van der Waals surface area contributed by atoms with Gasteiger partial charge in [0.25, 0.3) is 0 Å². The SMILES string of the molecule is COC[C@@]12COC[C@@H]1CN(C(=O)Cc1nc[nH]c1C)C2. The molecule has 0 spiro atoms. The van der Waals surface area contributed by atoms with Crippen LogP contribution in [-0.4, -0.2) is 60.8 Å². The van der Waals surface area contributed by atoms with E-state index in [1.807, 2.05) is 11.8 Å². The van der Waals surface area contributed by atoms with Gasteiger partial charge in [-0.3, -0.25) is 4.79 Å². The summed E-state index contributed by atoms with van der Waals surface area (Å²) in [6.45, 7) is 5.52. The first-order valence-corrected chi connectivity index (χ1v) is 6.98. The molecule has 2 atom stereocenters. The molecule has 6 heteroatoms. The lowest BCUT2D eigenvalue weighted by Crippen LogP contribution is -2.37. The number of ether oxygens (including phenoxy) is 2. The fourth-order valence-electron chi connectivity index (χ4n) is 3.33. The fourth-order valence-corrected chi connectivity index (χ4v) is 3.33. The van der Waals surface area contributed by atoms with Gasteiger partial charge >= 0.3 is 0 Å². The molecule has 2 aliphatic rings. The van der Waals surface area contributed by atoms with E-state index in [1.165, 1.54) is 0 Å². The molecule has 1 amide bonds. The minimum Gasteiger partial charge on any atom is -0.384 e. The third-order valence-corrected chi connectivity index (χ3v) is 4.56. The topological polar surface area (TPSA) is 67.5 Å². The maximum atomic E-state index is 12.4. The third-order valence-electron chi connectivity index (χ3n) is 4.56. The molecule has 3 heterocycles. The molecule has 3 rings (SSSR count). The standard InChI is InChI=1S/C14H21N3O3/c1-10-12(16-9-15-10)3-13(18)17-4-11-5-20-8-14(11,6-17)7-19-2/h9,11H,3-8H2,1-2H3,(H,15,16)/t11-,14-/m0/s1. The average molecular weight is 279 g/mol. The van der Waals surface area contributed by atoms with Crippen molar-refractivity contribution in [3.05, 3.63) is 17.7 Å². The number of methoxy groups -OCH3 is 1. The van der Waals surface area contributed by atoms with Crippen molar-refractivity contribution in [2.24, 2.45) is 11.3 Å². The van der Waals surface area contributed by atoms with Crippen molar-refractivity contribution >= 4 is 5.91 Å². The van der Waals surface area contributed by atoms with Gasteiger partial charge in [0.2, 0.25) is 5.91 Å². The number of amides is 1. The Balaban J connectivity index is 1.67. The van der Waals surface area contributed by atoms with Crippen LogP contribution < -0.4 is 0 Å². The third kappa shape index (κ3) is 2.23. The van der Waals surface area contributed by atoms with Crippen LogP contribution in [0.4, 0.5) is 0 Å². The van der Waals surface area contributed by atoms with Crippen molar-refractivity contribution in [2.75, 3.05) is 40.0 Å². The Morgan fingerprint density at radius 1 is 1.70 bits per heavy atom. The minimum absolute atomic E-state index is 0.00890. The van der Waals surface area contributed by atoms with Crippen molar-refractivity contribution in [1.29, 1.82) is 0 Å². The Kier molecular flexibility index (Phi) is 3.52. The maximum Gasteiger partial charge on any atom is 0.228 e. The second kappa shape index (κ2) is 5.18. The van der Waals surface area contributed by atoms with Gasteiger partial charge in [0.15, 0.2) is 0 Å². The van der Waals surface area contributed by atoms with Crippen molar-refractivity contribution in [3.8, 4) is 0 Å². The number of aromatic amines is 1. The number of hydrogen-bond acceptors (Lipinski definition) is 4. The van der Waals surface area contributed by atoms with Crippen LogP contribution in [-0.2, 0) is 20.7 Å². The number of aryl methyl sites for hydroxylation is 1. The van der Waals surface area contributed by atoms with Crippen LogP contribution in [0.1, 0.15) is 11.4 Å². The second-order valence-electron chi connectivity index (χ2n) is 5.93. The largest absolute Gasteiger partial charge is 0.384 e. The Morgan fingerprint density at radius 2 is 2.55 bits per heavy atom. The number of likely N-dealkylation sites (tertiary alicyclic amines) is 1. The van der Waals surface area contributed by atoms with Crippen LogP contribution in [0.15, 0.2) is 6.33 Å². The number of fused-ring (bicyclic) bond motifs is 1. The molecule has 2 fully saturated rings. The molecule has 20 heavy (non-hydrogen) atoms. The number of H-pyrrole nitrogens is 1. The summed E-state index contributed by atoms with van der Waals surface area (Å²) >= 11 is 0. The first-order chi connectivity index (χ1) is 9.64. The van der Waals surface area contributed by atoms with Crippen LogP contribution in [0, 0.1) is 18.3 Å². The molecule has 2 aliphatic heterocycles. The van der Waals surface area contributed by atoms with Gasteiger partial charge in [-0.25, -0.2) is 4.98 Å². The first-order valence-electron chi connectivity index (χ1n) is 6.98. The summed E-state index contributed by atoms with van der Waals surface area (Å²) < 4.78 is 10.9. The van der Waals surface area contributed by atoms with Gasteiger partial charge in [-0.2, -0.15) is 0 Å². The van der Waals surface area contributed by atoms with E-state index in [0.29, 0.717) is 25.6 Å². The average Bonchev–Trinajstić information content (AvgIpc) is 3.04. The van der Waals surface area contributed by atoms with Crippen molar-refractivity contribution in [1.82, 2.24) is 14.9 Å². The first kappa shape index (κ1) is 13.6. The number of carbonyl (C=O) groups excluding carboxylic acids is 1. The zero-order valence-corrected chi connectivity index (χ0v) is 12.0. The van der Waals surface area contributed by atoms with Gasteiger partial charge in [-0.15, -0.1) is 0 Å². The molecule has 2 saturated heterocycles. The van der Waals surface area contributed by atoms with E-state index < -0.39 is 0 Å². The van der Waals surface area contributed by atoms with Crippen LogP contribution in [0.2, 0.25) is 0 Å². The number of hydrogen-bond donors (Lipinski definition) is 1. The van der Waals surface area contributed by atoms with E-state index in [-0.39, 0.29) is 11.3 Å². The monoisotopic (exact) mass is 279 g/mol. The molecule has 0 radical (unpaired) electrons. The predicted molar refractivity (Wildman–Crippen MR) is 72.2 cm³/mol. The van der Waals surface area contributed by atoms with Gasteiger partial charge in [-0.05, 0) is 6.92 Å². The highest BCUT2D eigenvalue weighted by Crippen LogP contribution is 2.41. The quantitative estimate of drug-likeness (QED) is 0.865. The molecule has 1 N–H and O–H groups in total. The van der Waals surface area contributed by atoms with Crippen molar-refractivity contribution in [2.45, 2.75) is 13.3 Å². The highest BCUT2D eigenvalue weighted by Gasteiger charge is 2.51. The zero-order chi connectivity index (χ0) is 14.2. The molecule has 0 aliphatic carbocycles. The van der Waals surface area contributed by atoms with Crippen molar-refractivity contribution < 1.29 is 14.3 Å². The molecular formula is C14H21N3O3. The molecule has 1 aromatic rings. The molecule has 0 unspecified atom stereocenters. The van der Waals surface area contributed by atoms with E-state index in [0.717, 1.165) is 31.1 Å². The van der Waals surface area contributed by atoms with Crippen LogP contribution >= 0.6 is 0 Å². The highest BCUT2D eigenvalue weighted by molar-refractivity contribution is 5.79. The Labute approximate surface area is 118 Å². The highest BCUT2D eigenvalue weighted by atomic mass is 16.5. The Hall–Kier alpha value is -1.40. The summed E-state index contributed by atoms with van der Waals surface area (Å²) in [7, 11) is 1.71. The molecule has 0 aromatic carbocycles. The lowest BCUT2D eigenvalue weighted by atomic mass is 9.82. The number of rotatable bonds is 4. The molecule has 1 aromatic heterocycles. The zero-order valence-electron chi connectivity index (χ0n) is 12.0.